The molecule has 0 spiro atoms. The maximum Gasteiger partial charge on any atom is 0.235 e. The minimum Gasteiger partial charge on any atom is -0.325 e. The number of carbonyl (C=O) groups is 1. The molecule has 0 atom stereocenters. The molecule has 1 N–H and O–H groups in total. The van der Waals surface area contributed by atoms with Gasteiger partial charge in [-0.25, -0.2) is 0 Å². The summed E-state index contributed by atoms with van der Waals surface area (Å²) in [6.07, 6.45) is 0. The first kappa shape index (κ1) is 10.5. The van der Waals surface area contributed by atoms with Gasteiger partial charge in [-0.1, -0.05) is 27.5 Å². The van der Waals surface area contributed by atoms with Gasteiger partial charge in [-0.15, -0.1) is 0 Å². The summed E-state index contributed by atoms with van der Waals surface area (Å²) in [4.78, 5) is 11.0. The first-order valence-corrected chi connectivity index (χ1v) is 5.25. The number of benzene rings is 1. The molecule has 0 aliphatic rings. The molecule has 0 fully saturated rings. The smallest absolute Gasteiger partial charge is 0.235 e. The molecule has 2 nitrogen and oxygen atoms in total. The second-order valence-electron chi connectivity index (χ2n) is 2.65. The summed E-state index contributed by atoms with van der Waals surface area (Å²) in [5.74, 6) is -0.0678. The highest BCUT2D eigenvalue weighted by Gasteiger charge is 2.01. The van der Waals surface area contributed by atoms with E-state index in [9.17, 15) is 4.79 Å². The van der Waals surface area contributed by atoms with Gasteiger partial charge in [0.05, 0.1) is 5.33 Å². The monoisotopic (exact) mass is 261 g/mol. The Morgan fingerprint density at radius 2 is 2.31 bits per heavy atom. The van der Waals surface area contributed by atoms with Crippen LogP contribution >= 0.6 is 27.5 Å². The van der Waals surface area contributed by atoms with Crippen molar-refractivity contribution in [3.63, 3.8) is 0 Å². The van der Waals surface area contributed by atoms with E-state index in [2.05, 4.69) is 21.2 Å². The number of nitrogens with one attached hydrogen (secondary N) is 1. The Labute approximate surface area is 90.4 Å². The summed E-state index contributed by atoms with van der Waals surface area (Å²) in [5, 5.41) is 3.72. The van der Waals surface area contributed by atoms with E-state index in [4.69, 9.17) is 11.6 Å². The highest BCUT2D eigenvalue weighted by Crippen LogP contribution is 2.19. The molecule has 0 aliphatic carbocycles. The van der Waals surface area contributed by atoms with E-state index in [1.165, 1.54) is 0 Å². The van der Waals surface area contributed by atoms with Crippen LogP contribution in [0.2, 0.25) is 5.02 Å². The molecular formula is C9H9BrClNO. The van der Waals surface area contributed by atoms with Gasteiger partial charge in [0.15, 0.2) is 0 Å². The third-order valence-corrected chi connectivity index (χ3v) is 2.50. The average Bonchev–Trinajstić information content (AvgIpc) is 2.11. The summed E-state index contributed by atoms with van der Waals surface area (Å²) in [7, 11) is 0. The van der Waals surface area contributed by atoms with E-state index < -0.39 is 0 Å². The third kappa shape index (κ3) is 3.01. The zero-order valence-corrected chi connectivity index (χ0v) is 9.45. The first-order valence-electron chi connectivity index (χ1n) is 3.75. The van der Waals surface area contributed by atoms with Crippen LogP contribution in [0.5, 0.6) is 0 Å². The van der Waals surface area contributed by atoms with Crippen molar-refractivity contribution in [2.45, 2.75) is 6.92 Å². The van der Waals surface area contributed by atoms with Crippen molar-refractivity contribution in [1.29, 1.82) is 0 Å². The maximum absolute atomic E-state index is 11.0. The Balaban J connectivity index is 2.79. The van der Waals surface area contributed by atoms with Crippen LogP contribution in [0.1, 0.15) is 5.56 Å². The summed E-state index contributed by atoms with van der Waals surface area (Å²) in [6.45, 7) is 1.89. The van der Waals surface area contributed by atoms with Gasteiger partial charge in [0, 0.05) is 10.7 Å². The topological polar surface area (TPSA) is 29.1 Å². The molecule has 4 heteroatoms. The van der Waals surface area contributed by atoms with Crippen LogP contribution in [0, 0.1) is 6.92 Å². The Hall–Kier alpha value is -0.540. The molecule has 1 amide bonds. The largest absolute Gasteiger partial charge is 0.325 e. The number of hydrogen-bond donors (Lipinski definition) is 1. The van der Waals surface area contributed by atoms with Crippen molar-refractivity contribution in [2.24, 2.45) is 0 Å². The number of rotatable bonds is 2. The zero-order valence-electron chi connectivity index (χ0n) is 7.10. The highest BCUT2D eigenvalue weighted by atomic mass is 79.9. The SMILES string of the molecule is Cc1cc(NC(=O)CBr)ccc1Cl. The van der Waals surface area contributed by atoms with Crippen molar-refractivity contribution in [3.05, 3.63) is 28.8 Å². The van der Waals surface area contributed by atoms with E-state index in [-0.39, 0.29) is 5.91 Å². The minimum atomic E-state index is -0.0678. The molecule has 1 aromatic carbocycles. The van der Waals surface area contributed by atoms with Gasteiger partial charge < -0.3 is 5.32 Å². The number of hydrogen-bond acceptors (Lipinski definition) is 1. The quantitative estimate of drug-likeness (QED) is 0.816. The fourth-order valence-corrected chi connectivity index (χ4v) is 1.17. The summed E-state index contributed by atoms with van der Waals surface area (Å²) in [5.41, 5.74) is 1.72. The van der Waals surface area contributed by atoms with Gasteiger partial charge >= 0.3 is 0 Å². The number of aryl methyl sites for hydroxylation is 1. The van der Waals surface area contributed by atoms with Crippen LogP contribution in [0.4, 0.5) is 5.69 Å². The normalized spacial score (nSPS) is 9.77. The number of amides is 1. The molecule has 0 bridgehead atoms. The molecule has 0 aliphatic heterocycles. The van der Waals surface area contributed by atoms with E-state index in [1.54, 1.807) is 12.1 Å². The lowest BCUT2D eigenvalue weighted by Gasteiger charge is -2.04. The molecule has 13 heavy (non-hydrogen) atoms. The van der Waals surface area contributed by atoms with Crippen molar-refractivity contribution >= 4 is 39.1 Å². The van der Waals surface area contributed by atoms with E-state index in [0.717, 1.165) is 11.3 Å². The Kier molecular flexibility index (Phi) is 3.75. The molecule has 0 saturated heterocycles. The fourth-order valence-electron chi connectivity index (χ4n) is 0.917. The average molecular weight is 263 g/mol. The fraction of sp³-hybridized carbons (Fsp3) is 0.222. The standard InChI is InChI=1S/C9H9BrClNO/c1-6-4-7(2-3-8(6)11)12-9(13)5-10/h2-4H,5H2,1H3,(H,12,13). The molecule has 70 valence electrons. The van der Waals surface area contributed by atoms with E-state index >= 15 is 0 Å². The van der Waals surface area contributed by atoms with E-state index in [0.29, 0.717) is 10.4 Å². The summed E-state index contributed by atoms with van der Waals surface area (Å²) in [6, 6.07) is 5.37. The Bertz CT molecular complexity index is 327. The second-order valence-corrected chi connectivity index (χ2v) is 3.61. The molecule has 1 rings (SSSR count). The van der Waals surface area contributed by atoms with Crippen LogP contribution in [-0.2, 0) is 4.79 Å². The number of anilines is 1. The van der Waals surface area contributed by atoms with Gasteiger partial charge in [-0.05, 0) is 30.7 Å². The minimum absolute atomic E-state index is 0.0678. The lowest BCUT2D eigenvalue weighted by Crippen LogP contribution is -2.12. The van der Waals surface area contributed by atoms with Gasteiger partial charge in [-0.2, -0.15) is 0 Å². The van der Waals surface area contributed by atoms with Crippen LogP contribution in [0.3, 0.4) is 0 Å². The molecule has 0 saturated carbocycles. The number of alkyl halides is 1. The predicted octanol–water partition coefficient (Wildman–Crippen LogP) is 2.98. The zero-order chi connectivity index (χ0) is 9.84. The van der Waals surface area contributed by atoms with E-state index in [1.807, 2.05) is 13.0 Å². The van der Waals surface area contributed by atoms with Crippen molar-refractivity contribution in [1.82, 2.24) is 0 Å². The van der Waals surface area contributed by atoms with Crippen LogP contribution in [0.15, 0.2) is 18.2 Å². The number of halogens is 2. The van der Waals surface area contributed by atoms with Gasteiger partial charge in [0.2, 0.25) is 5.91 Å². The lowest BCUT2D eigenvalue weighted by molar-refractivity contribution is -0.113. The van der Waals surface area contributed by atoms with Crippen LogP contribution in [0.25, 0.3) is 0 Å². The first-order chi connectivity index (χ1) is 6.13. The summed E-state index contributed by atoms with van der Waals surface area (Å²) < 4.78 is 0. The summed E-state index contributed by atoms with van der Waals surface area (Å²) >= 11 is 8.90. The van der Waals surface area contributed by atoms with Gasteiger partial charge in [-0.3, -0.25) is 4.79 Å². The van der Waals surface area contributed by atoms with Crippen molar-refractivity contribution in [3.8, 4) is 0 Å². The third-order valence-electron chi connectivity index (χ3n) is 1.56. The molecule has 1 aromatic rings. The van der Waals surface area contributed by atoms with Crippen LogP contribution < -0.4 is 5.32 Å². The molecule has 0 heterocycles. The van der Waals surface area contributed by atoms with Crippen molar-refractivity contribution < 1.29 is 4.79 Å². The maximum atomic E-state index is 11.0. The number of carbonyl (C=O) groups excluding carboxylic acids is 1. The Morgan fingerprint density at radius 3 is 2.85 bits per heavy atom. The van der Waals surface area contributed by atoms with Crippen molar-refractivity contribution in [2.75, 3.05) is 10.6 Å². The van der Waals surface area contributed by atoms with Gasteiger partial charge in [0.1, 0.15) is 0 Å². The molecule has 0 radical (unpaired) electrons. The molecular weight excluding hydrogens is 253 g/mol. The Morgan fingerprint density at radius 1 is 1.62 bits per heavy atom. The lowest BCUT2D eigenvalue weighted by atomic mass is 10.2. The predicted molar refractivity (Wildman–Crippen MR) is 58.6 cm³/mol. The molecule has 0 aromatic heterocycles. The van der Waals surface area contributed by atoms with Crippen LogP contribution in [-0.4, -0.2) is 11.2 Å². The second kappa shape index (κ2) is 4.63. The molecule has 0 unspecified atom stereocenters. The highest BCUT2D eigenvalue weighted by molar-refractivity contribution is 9.09. The van der Waals surface area contributed by atoms with Gasteiger partial charge in [0.25, 0.3) is 0 Å².